The predicted molar refractivity (Wildman–Crippen MR) is 80.6 cm³/mol. The molecule has 1 saturated heterocycles. The van der Waals surface area contributed by atoms with Crippen LogP contribution in [0.25, 0.3) is 0 Å². The molecule has 1 aromatic heterocycles. The lowest BCUT2D eigenvalue weighted by atomic mass is 9.99. The van der Waals surface area contributed by atoms with Crippen molar-refractivity contribution in [3.8, 4) is 0 Å². The first-order valence-electron chi connectivity index (χ1n) is 7.48. The second-order valence-electron chi connectivity index (χ2n) is 6.10. The van der Waals surface area contributed by atoms with Crippen LogP contribution in [0.3, 0.4) is 0 Å². The van der Waals surface area contributed by atoms with E-state index in [4.69, 9.17) is 4.52 Å². The van der Waals surface area contributed by atoms with Crippen molar-refractivity contribution in [3.05, 3.63) is 11.5 Å². The number of nitrogens with one attached hydrogen (secondary N) is 1. The number of sulfonamides is 1. The molecule has 2 rings (SSSR count). The number of rotatable bonds is 5. The van der Waals surface area contributed by atoms with Gasteiger partial charge in [-0.05, 0) is 46.1 Å². The van der Waals surface area contributed by atoms with Crippen LogP contribution in [-0.2, 0) is 10.0 Å². The van der Waals surface area contributed by atoms with Gasteiger partial charge < -0.3 is 4.52 Å². The average molecular weight is 315 g/mol. The Kier molecular flexibility index (Phi) is 5.06. The van der Waals surface area contributed by atoms with Crippen LogP contribution in [0.1, 0.15) is 38.1 Å². The first-order chi connectivity index (χ1) is 9.81. The quantitative estimate of drug-likeness (QED) is 0.895. The van der Waals surface area contributed by atoms with E-state index >= 15 is 0 Å². The standard InChI is InChI=1S/C14H25N3O3S/c1-10-6-5-7-17(9-10)11(2)8-15-21(18,19)14-12(3)16-20-13(14)4/h10-11,15H,5-9H2,1-4H3/t10-,11-/m0/s1. The molecule has 0 unspecified atom stereocenters. The van der Waals surface area contributed by atoms with E-state index in [2.05, 4.69) is 28.6 Å². The summed E-state index contributed by atoms with van der Waals surface area (Å²) in [6.07, 6.45) is 2.44. The van der Waals surface area contributed by atoms with Crippen LogP contribution in [0.4, 0.5) is 0 Å². The van der Waals surface area contributed by atoms with Crippen LogP contribution in [0.15, 0.2) is 9.42 Å². The van der Waals surface area contributed by atoms with Gasteiger partial charge in [0.2, 0.25) is 10.0 Å². The maximum Gasteiger partial charge on any atom is 0.246 e. The summed E-state index contributed by atoms with van der Waals surface area (Å²) in [4.78, 5) is 2.52. The first kappa shape index (κ1) is 16.5. The maximum absolute atomic E-state index is 12.4. The molecule has 7 heteroatoms. The molecule has 0 amide bonds. The topological polar surface area (TPSA) is 75.4 Å². The van der Waals surface area contributed by atoms with Gasteiger partial charge in [0.25, 0.3) is 0 Å². The van der Waals surface area contributed by atoms with Crippen LogP contribution in [0, 0.1) is 19.8 Å². The molecular formula is C14H25N3O3S. The Hall–Kier alpha value is -0.920. The van der Waals surface area contributed by atoms with Gasteiger partial charge in [-0.3, -0.25) is 4.90 Å². The molecule has 0 spiro atoms. The van der Waals surface area contributed by atoms with E-state index in [9.17, 15) is 8.42 Å². The molecule has 0 bridgehead atoms. The number of likely N-dealkylation sites (tertiary alicyclic amines) is 1. The molecule has 6 nitrogen and oxygen atoms in total. The van der Waals surface area contributed by atoms with E-state index in [1.165, 1.54) is 12.8 Å². The Balaban J connectivity index is 1.98. The summed E-state index contributed by atoms with van der Waals surface area (Å²) in [5.41, 5.74) is 0.402. The minimum atomic E-state index is -3.56. The Labute approximate surface area is 126 Å². The summed E-state index contributed by atoms with van der Waals surface area (Å²) in [7, 11) is -3.56. The van der Waals surface area contributed by atoms with Crippen molar-refractivity contribution in [2.45, 2.75) is 51.5 Å². The Bertz CT molecular complexity index is 563. The molecule has 2 atom stereocenters. The van der Waals surface area contributed by atoms with Gasteiger partial charge in [0, 0.05) is 19.1 Å². The second kappa shape index (κ2) is 6.46. The summed E-state index contributed by atoms with van der Waals surface area (Å²) in [6.45, 7) is 10.0. The summed E-state index contributed by atoms with van der Waals surface area (Å²) in [5.74, 6) is 1.01. The normalized spacial score (nSPS) is 22.4. The van der Waals surface area contributed by atoms with Crippen LogP contribution in [0.5, 0.6) is 0 Å². The highest BCUT2D eigenvalue weighted by atomic mass is 32.2. The maximum atomic E-state index is 12.4. The SMILES string of the molecule is Cc1noc(C)c1S(=O)(=O)NC[C@H](C)N1CCC[C@H](C)C1. The Morgan fingerprint density at radius 3 is 2.76 bits per heavy atom. The van der Waals surface area contributed by atoms with Crippen LogP contribution >= 0.6 is 0 Å². The van der Waals surface area contributed by atoms with E-state index in [0.717, 1.165) is 13.1 Å². The first-order valence-corrected chi connectivity index (χ1v) is 8.96. The van der Waals surface area contributed by atoms with E-state index in [1.54, 1.807) is 13.8 Å². The molecule has 120 valence electrons. The molecule has 0 aromatic carbocycles. The number of aromatic nitrogens is 1. The fourth-order valence-electron chi connectivity index (χ4n) is 2.92. The number of piperidine rings is 1. The summed E-state index contributed by atoms with van der Waals surface area (Å²) >= 11 is 0. The summed E-state index contributed by atoms with van der Waals surface area (Å²) in [5, 5.41) is 3.70. The van der Waals surface area contributed by atoms with Crippen LogP contribution in [0.2, 0.25) is 0 Å². The number of hydrogen-bond acceptors (Lipinski definition) is 5. The molecule has 1 aliphatic rings. The zero-order valence-corrected chi connectivity index (χ0v) is 14.0. The third-order valence-corrected chi connectivity index (χ3v) is 5.78. The summed E-state index contributed by atoms with van der Waals surface area (Å²) < 4.78 is 32.3. The second-order valence-corrected chi connectivity index (χ2v) is 7.80. The third-order valence-electron chi connectivity index (χ3n) is 4.12. The van der Waals surface area contributed by atoms with Crippen molar-refractivity contribution in [1.29, 1.82) is 0 Å². The van der Waals surface area contributed by atoms with Gasteiger partial charge in [0.05, 0.1) is 0 Å². The van der Waals surface area contributed by atoms with Gasteiger partial charge in [0.1, 0.15) is 10.6 Å². The number of aryl methyl sites for hydroxylation is 2. The van der Waals surface area contributed by atoms with E-state index in [-0.39, 0.29) is 10.9 Å². The van der Waals surface area contributed by atoms with Gasteiger partial charge >= 0.3 is 0 Å². The number of hydrogen-bond donors (Lipinski definition) is 1. The highest BCUT2D eigenvalue weighted by molar-refractivity contribution is 7.89. The average Bonchev–Trinajstić information content (AvgIpc) is 2.76. The van der Waals surface area contributed by atoms with Crippen molar-refractivity contribution in [1.82, 2.24) is 14.8 Å². The zero-order chi connectivity index (χ0) is 15.6. The molecule has 0 saturated carbocycles. The lowest BCUT2D eigenvalue weighted by molar-refractivity contribution is 0.140. The lowest BCUT2D eigenvalue weighted by Crippen LogP contribution is -2.46. The van der Waals surface area contributed by atoms with Crippen molar-refractivity contribution in [2.75, 3.05) is 19.6 Å². The van der Waals surface area contributed by atoms with Crippen molar-refractivity contribution < 1.29 is 12.9 Å². The molecule has 21 heavy (non-hydrogen) atoms. The van der Waals surface area contributed by atoms with Crippen molar-refractivity contribution in [2.24, 2.45) is 5.92 Å². The van der Waals surface area contributed by atoms with E-state index in [1.807, 2.05) is 0 Å². The molecule has 0 aliphatic carbocycles. The fourth-order valence-corrected chi connectivity index (χ4v) is 4.36. The number of nitrogens with zero attached hydrogens (tertiary/aromatic N) is 2. The van der Waals surface area contributed by atoms with Crippen LogP contribution in [-0.4, -0.2) is 44.2 Å². The highest BCUT2D eigenvalue weighted by Gasteiger charge is 2.26. The van der Waals surface area contributed by atoms with Gasteiger partial charge in [-0.25, -0.2) is 13.1 Å². The Morgan fingerprint density at radius 1 is 1.48 bits per heavy atom. The molecule has 0 radical (unpaired) electrons. The smallest absolute Gasteiger partial charge is 0.246 e. The lowest BCUT2D eigenvalue weighted by Gasteiger charge is -2.35. The van der Waals surface area contributed by atoms with Gasteiger partial charge in [-0.15, -0.1) is 0 Å². The largest absolute Gasteiger partial charge is 0.360 e. The minimum absolute atomic E-state index is 0.168. The van der Waals surface area contributed by atoms with Gasteiger partial charge in [-0.2, -0.15) is 0 Å². The van der Waals surface area contributed by atoms with Crippen molar-refractivity contribution >= 4 is 10.0 Å². The fraction of sp³-hybridized carbons (Fsp3) is 0.786. The monoisotopic (exact) mass is 315 g/mol. The molecular weight excluding hydrogens is 290 g/mol. The molecule has 1 N–H and O–H groups in total. The minimum Gasteiger partial charge on any atom is -0.360 e. The molecule has 1 aliphatic heterocycles. The van der Waals surface area contributed by atoms with Crippen LogP contribution < -0.4 is 4.72 Å². The summed E-state index contributed by atoms with van der Waals surface area (Å²) in [6, 6.07) is 0.183. The molecule has 1 aromatic rings. The Morgan fingerprint density at radius 2 is 2.19 bits per heavy atom. The molecule has 1 fully saturated rings. The third kappa shape index (κ3) is 3.84. The van der Waals surface area contributed by atoms with E-state index < -0.39 is 10.0 Å². The van der Waals surface area contributed by atoms with E-state index in [0.29, 0.717) is 23.9 Å². The zero-order valence-electron chi connectivity index (χ0n) is 13.2. The highest BCUT2D eigenvalue weighted by Crippen LogP contribution is 2.20. The molecule has 2 heterocycles. The van der Waals surface area contributed by atoms with Gasteiger partial charge in [-0.1, -0.05) is 12.1 Å². The van der Waals surface area contributed by atoms with Crippen molar-refractivity contribution in [3.63, 3.8) is 0 Å². The van der Waals surface area contributed by atoms with Gasteiger partial charge in [0.15, 0.2) is 5.76 Å². The predicted octanol–water partition coefficient (Wildman–Crippen LogP) is 1.69.